The molecule has 4 aromatic rings. The fourth-order valence-electron chi connectivity index (χ4n) is 6.92. The van der Waals surface area contributed by atoms with Gasteiger partial charge in [-0.05, 0) is 125 Å². The topological polar surface area (TPSA) is 168 Å². The third-order valence-corrected chi connectivity index (χ3v) is 12.0. The third-order valence-electron chi connectivity index (χ3n) is 9.72. The quantitative estimate of drug-likeness (QED) is 0.167. The van der Waals surface area contributed by atoms with Crippen LogP contribution in [0, 0.1) is 13.8 Å². The monoisotopic (exact) mass is 816 g/mol. The van der Waals surface area contributed by atoms with E-state index in [0.717, 1.165) is 53.7 Å². The Kier molecular flexibility index (Phi) is 13.3. The number of hydrogen-bond donors (Lipinski definition) is 3. The highest BCUT2D eigenvalue weighted by molar-refractivity contribution is 7.91. The van der Waals surface area contributed by atoms with Crippen LogP contribution in [0.25, 0.3) is 22.3 Å². The van der Waals surface area contributed by atoms with Crippen molar-refractivity contribution in [2.75, 3.05) is 36.2 Å². The molecule has 2 unspecified atom stereocenters. The number of hydrogen-bond acceptors (Lipinski definition) is 9. The standard InChI is InChI=1S/C24H30N2O5S.C19H22N2O3S/c1-16-15-17(18-9-6-7-11-21(18)32(5,29)30)12-13-19(16)25-22(27)20-10-8-14-26(20)23(28)31-24(2,3)4;1-13-12-14(15-6-3-4-8-18(15)25(2,23)24)9-10-16(13)21-19(22)17-7-5-11-20-17/h6-7,9,11-13,15,20H,8,10,14H2,1-5H3,(H,25,27);3-4,6,8-10,12,17,20H,5,7,11H2,1-2H3,(H,21,22). The van der Waals surface area contributed by atoms with Gasteiger partial charge in [-0.3, -0.25) is 14.5 Å². The van der Waals surface area contributed by atoms with Crippen LogP contribution in [0.3, 0.4) is 0 Å². The largest absolute Gasteiger partial charge is 0.444 e. The van der Waals surface area contributed by atoms with Gasteiger partial charge in [0.05, 0.1) is 15.8 Å². The summed E-state index contributed by atoms with van der Waals surface area (Å²) in [7, 11) is -6.69. The number of ether oxygens (including phenoxy) is 1. The van der Waals surface area contributed by atoms with Crippen LogP contribution in [-0.2, 0) is 34.0 Å². The average Bonchev–Trinajstić information content (AvgIpc) is 3.86. The van der Waals surface area contributed by atoms with Gasteiger partial charge < -0.3 is 20.7 Å². The van der Waals surface area contributed by atoms with Crippen LogP contribution in [0.15, 0.2) is 94.7 Å². The van der Waals surface area contributed by atoms with Crippen LogP contribution in [-0.4, -0.2) is 82.9 Å². The molecule has 0 radical (unpaired) electrons. The fraction of sp³-hybridized carbons (Fsp3) is 0.372. The van der Waals surface area contributed by atoms with Crippen LogP contribution >= 0.6 is 0 Å². The molecule has 0 aliphatic carbocycles. The zero-order valence-electron chi connectivity index (χ0n) is 33.5. The molecule has 2 heterocycles. The summed E-state index contributed by atoms with van der Waals surface area (Å²) in [5, 5.41) is 9.05. The summed E-state index contributed by atoms with van der Waals surface area (Å²) in [5.41, 5.74) is 5.27. The first-order valence-electron chi connectivity index (χ1n) is 18.9. The lowest BCUT2D eigenvalue weighted by molar-refractivity contribution is -0.120. The molecule has 0 aromatic heterocycles. The molecule has 0 saturated carbocycles. The first-order valence-corrected chi connectivity index (χ1v) is 22.7. The van der Waals surface area contributed by atoms with E-state index in [2.05, 4.69) is 16.0 Å². The average molecular weight is 817 g/mol. The Bertz CT molecular complexity index is 2370. The van der Waals surface area contributed by atoms with Gasteiger partial charge in [0.2, 0.25) is 11.8 Å². The number of benzene rings is 4. The molecule has 4 aromatic carbocycles. The Labute approximate surface area is 336 Å². The maximum absolute atomic E-state index is 12.9. The lowest BCUT2D eigenvalue weighted by atomic mass is 10.0. The number of sulfone groups is 2. The molecule has 14 heteroatoms. The number of nitrogens with one attached hydrogen (secondary N) is 3. The van der Waals surface area contributed by atoms with E-state index in [9.17, 15) is 31.2 Å². The summed E-state index contributed by atoms with van der Waals surface area (Å²) in [6.45, 7) is 10.5. The summed E-state index contributed by atoms with van der Waals surface area (Å²) in [4.78, 5) is 39.7. The van der Waals surface area contributed by atoms with Crippen molar-refractivity contribution < 1.29 is 36.0 Å². The van der Waals surface area contributed by atoms with Crippen LogP contribution < -0.4 is 16.0 Å². The van der Waals surface area contributed by atoms with Gasteiger partial charge in [0.25, 0.3) is 0 Å². The SMILES string of the molecule is Cc1cc(-c2ccccc2S(C)(=O)=O)ccc1NC(=O)C1CCCN1.Cc1cc(-c2ccccc2S(C)(=O)=O)ccc1NC(=O)C1CCCN1C(=O)OC(C)(C)C. The Hall–Kier alpha value is -5.05. The molecule has 57 heavy (non-hydrogen) atoms. The molecule has 2 saturated heterocycles. The number of rotatable bonds is 8. The van der Waals surface area contributed by atoms with Gasteiger partial charge in [0, 0.05) is 41.6 Å². The molecule has 12 nitrogen and oxygen atoms in total. The molecule has 3 N–H and O–H groups in total. The van der Waals surface area contributed by atoms with Crippen molar-refractivity contribution >= 4 is 49.0 Å². The van der Waals surface area contributed by atoms with Crippen molar-refractivity contribution in [3.8, 4) is 22.3 Å². The van der Waals surface area contributed by atoms with Crippen LogP contribution in [0.5, 0.6) is 0 Å². The summed E-state index contributed by atoms with van der Waals surface area (Å²) in [6.07, 6.45) is 5.08. The molecule has 0 bridgehead atoms. The maximum Gasteiger partial charge on any atom is 0.410 e. The Balaban J connectivity index is 0.000000224. The van der Waals surface area contributed by atoms with E-state index in [0.29, 0.717) is 34.7 Å². The molecule has 2 atom stereocenters. The highest BCUT2D eigenvalue weighted by Gasteiger charge is 2.37. The number of carbonyl (C=O) groups is 3. The Morgan fingerprint density at radius 2 is 1.19 bits per heavy atom. The van der Waals surface area contributed by atoms with Crippen LogP contribution in [0.4, 0.5) is 16.2 Å². The van der Waals surface area contributed by atoms with E-state index in [1.807, 2.05) is 44.2 Å². The van der Waals surface area contributed by atoms with E-state index >= 15 is 0 Å². The van der Waals surface area contributed by atoms with Gasteiger partial charge in [0.15, 0.2) is 19.7 Å². The minimum atomic E-state index is -3.38. The van der Waals surface area contributed by atoms with Crippen LogP contribution in [0.1, 0.15) is 57.6 Å². The minimum absolute atomic E-state index is 0.0233. The van der Waals surface area contributed by atoms with E-state index in [-0.39, 0.29) is 22.8 Å². The number of carbonyl (C=O) groups excluding carboxylic acids is 3. The predicted molar refractivity (Wildman–Crippen MR) is 224 cm³/mol. The van der Waals surface area contributed by atoms with Gasteiger partial charge in [-0.25, -0.2) is 21.6 Å². The summed E-state index contributed by atoms with van der Waals surface area (Å²) >= 11 is 0. The maximum atomic E-state index is 12.9. The lowest BCUT2D eigenvalue weighted by Crippen LogP contribution is -2.45. The number of aryl methyl sites for hydroxylation is 2. The minimum Gasteiger partial charge on any atom is -0.444 e. The molecular formula is C43H52N4O8S2. The van der Waals surface area contributed by atoms with Gasteiger partial charge in [-0.15, -0.1) is 0 Å². The predicted octanol–water partition coefficient (Wildman–Crippen LogP) is 7.16. The Morgan fingerprint density at radius 1 is 0.702 bits per heavy atom. The molecule has 2 fully saturated rings. The van der Waals surface area contributed by atoms with Crippen molar-refractivity contribution in [3.05, 3.63) is 96.1 Å². The first-order chi connectivity index (χ1) is 26.7. The fourth-order valence-corrected chi connectivity index (χ4v) is 8.74. The van der Waals surface area contributed by atoms with E-state index in [1.54, 1.807) is 75.4 Å². The molecule has 3 amide bonds. The highest BCUT2D eigenvalue weighted by atomic mass is 32.2. The van der Waals surface area contributed by atoms with Gasteiger partial charge in [-0.1, -0.05) is 48.5 Å². The molecule has 2 aliphatic rings. The number of anilines is 2. The zero-order chi connectivity index (χ0) is 41.7. The second-order valence-corrected chi connectivity index (χ2v) is 19.5. The summed E-state index contributed by atoms with van der Waals surface area (Å²) in [6, 6.07) is 24.0. The number of amides is 3. The molecule has 304 valence electrons. The highest BCUT2D eigenvalue weighted by Crippen LogP contribution is 2.32. The Morgan fingerprint density at radius 3 is 1.63 bits per heavy atom. The van der Waals surface area contributed by atoms with E-state index in [1.165, 1.54) is 17.4 Å². The zero-order valence-corrected chi connectivity index (χ0v) is 35.1. The second kappa shape index (κ2) is 17.6. The van der Waals surface area contributed by atoms with E-state index in [4.69, 9.17) is 4.74 Å². The smallest absolute Gasteiger partial charge is 0.410 e. The summed E-state index contributed by atoms with van der Waals surface area (Å²) < 4.78 is 53.7. The lowest BCUT2D eigenvalue weighted by Gasteiger charge is -2.28. The van der Waals surface area contributed by atoms with Gasteiger partial charge in [-0.2, -0.15) is 0 Å². The van der Waals surface area contributed by atoms with Gasteiger partial charge in [0.1, 0.15) is 11.6 Å². The van der Waals surface area contributed by atoms with Crippen molar-refractivity contribution in [1.82, 2.24) is 10.2 Å². The molecule has 0 spiro atoms. The summed E-state index contributed by atoms with van der Waals surface area (Å²) in [5.74, 6) is -0.286. The van der Waals surface area contributed by atoms with Crippen molar-refractivity contribution in [2.24, 2.45) is 0 Å². The second-order valence-electron chi connectivity index (χ2n) is 15.6. The van der Waals surface area contributed by atoms with Crippen molar-refractivity contribution in [2.45, 2.75) is 87.8 Å². The number of nitrogens with zero attached hydrogens (tertiary/aromatic N) is 1. The third kappa shape index (κ3) is 11.1. The number of likely N-dealkylation sites (tertiary alicyclic amines) is 1. The normalized spacial score (nSPS) is 17.0. The molecule has 2 aliphatic heterocycles. The first kappa shape index (κ1) is 43.1. The molecular weight excluding hydrogens is 765 g/mol. The van der Waals surface area contributed by atoms with E-state index < -0.39 is 37.4 Å². The van der Waals surface area contributed by atoms with Crippen molar-refractivity contribution in [1.29, 1.82) is 0 Å². The van der Waals surface area contributed by atoms with Gasteiger partial charge >= 0.3 is 6.09 Å². The van der Waals surface area contributed by atoms with Crippen LogP contribution in [0.2, 0.25) is 0 Å². The molecule has 6 rings (SSSR count). The van der Waals surface area contributed by atoms with Crippen molar-refractivity contribution in [3.63, 3.8) is 0 Å².